The second kappa shape index (κ2) is 11.8. The Labute approximate surface area is 223 Å². The Balaban J connectivity index is 2.13. The van der Waals surface area contributed by atoms with Crippen molar-refractivity contribution < 1.29 is 32.0 Å². The van der Waals surface area contributed by atoms with Gasteiger partial charge in [-0.1, -0.05) is 0 Å². The summed E-state index contributed by atoms with van der Waals surface area (Å²) in [5.41, 5.74) is 0. The maximum absolute atomic E-state index is 13.8. The Morgan fingerprint density at radius 1 is 0.615 bits per heavy atom. The van der Waals surface area contributed by atoms with Gasteiger partial charge in [-0.05, 0) is 0 Å². The number of hydrogen-bond acceptors (Lipinski definition) is 6. The Hall–Kier alpha value is -4.02. The molecule has 0 aliphatic carbocycles. The van der Waals surface area contributed by atoms with Crippen LogP contribution in [0.2, 0.25) is 0 Å². The van der Waals surface area contributed by atoms with Gasteiger partial charge in [-0.2, -0.15) is 0 Å². The van der Waals surface area contributed by atoms with Crippen molar-refractivity contribution in [1.29, 1.82) is 10.5 Å². The van der Waals surface area contributed by atoms with Crippen LogP contribution in [0.15, 0.2) is 121 Å². The third-order valence-corrected chi connectivity index (χ3v) is 11.7. The Kier molecular flexibility index (Phi) is 8.47. The molecule has 39 heavy (non-hydrogen) atoms. The number of hydrogen-bond donors (Lipinski definition) is 0. The van der Waals surface area contributed by atoms with Crippen molar-refractivity contribution >= 4 is 35.4 Å². The summed E-state index contributed by atoms with van der Waals surface area (Å²) in [6, 6.07) is 38.3. The molecule has 196 valence electrons. The third kappa shape index (κ3) is 5.43. The first-order valence-corrected chi connectivity index (χ1v) is 13.8. The molecule has 11 heteroatoms. The standard InChI is InChI=1S/C28H21BF3N2O4P/c30-28(31,32)36-29(37-35-23(21-33)22-34)38-39(24-13-5-1-6-14-24,25-15-7-2-8-16-25,26-17-9-3-10-18-26)27-19-11-4-12-20-27/h1-20,23H. The van der Waals surface area contributed by atoms with Crippen molar-refractivity contribution in [2.45, 2.75) is 12.5 Å². The molecular weight excluding hydrogens is 527 g/mol. The van der Waals surface area contributed by atoms with Gasteiger partial charge < -0.3 is 0 Å². The summed E-state index contributed by atoms with van der Waals surface area (Å²) in [7, 11) is -2.55. The van der Waals surface area contributed by atoms with Crippen molar-refractivity contribution in [2.75, 3.05) is 0 Å². The summed E-state index contributed by atoms with van der Waals surface area (Å²) in [5.74, 6) is 0. The predicted molar refractivity (Wildman–Crippen MR) is 142 cm³/mol. The first kappa shape index (κ1) is 28.0. The zero-order valence-electron chi connectivity index (χ0n) is 20.3. The van der Waals surface area contributed by atoms with E-state index in [1.807, 2.05) is 0 Å². The van der Waals surface area contributed by atoms with Crippen LogP contribution in [0, 0.1) is 22.7 Å². The zero-order valence-corrected chi connectivity index (χ0v) is 21.2. The molecular formula is C28H21BF3N2O4P. The quantitative estimate of drug-likeness (QED) is 0.124. The zero-order chi connectivity index (χ0) is 27.8. The number of nitrogens with zero attached hydrogens (tertiary/aromatic N) is 2. The van der Waals surface area contributed by atoms with Gasteiger partial charge >= 0.3 is 224 Å². The van der Waals surface area contributed by atoms with Gasteiger partial charge in [0.15, 0.2) is 0 Å². The molecule has 0 aliphatic heterocycles. The van der Waals surface area contributed by atoms with Gasteiger partial charge in [-0.25, -0.2) is 0 Å². The Bertz CT molecular complexity index is 1270. The van der Waals surface area contributed by atoms with Crippen molar-refractivity contribution in [3.8, 4) is 12.1 Å². The summed E-state index contributed by atoms with van der Waals surface area (Å²) in [4.78, 5) is 9.68. The number of halogens is 3. The van der Waals surface area contributed by atoms with Crippen LogP contribution in [0.3, 0.4) is 0 Å². The molecule has 0 radical (unpaired) electrons. The van der Waals surface area contributed by atoms with E-state index in [2.05, 4.69) is 4.65 Å². The Morgan fingerprint density at radius 3 is 1.23 bits per heavy atom. The van der Waals surface area contributed by atoms with Crippen LogP contribution in [-0.2, 0) is 18.8 Å². The fourth-order valence-electron chi connectivity index (χ4n) is 4.50. The molecule has 0 spiro atoms. The van der Waals surface area contributed by atoms with E-state index in [4.69, 9.17) is 24.7 Å². The van der Waals surface area contributed by atoms with Gasteiger partial charge in [0, 0.05) is 0 Å². The van der Waals surface area contributed by atoms with Gasteiger partial charge in [0.1, 0.15) is 0 Å². The fourth-order valence-corrected chi connectivity index (χ4v) is 10.2. The molecule has 0 aromatic heterocycles. The predicted octanol–water partition coefficient (Wildman–Crippen LogP) is 4.66. The minimum absolute atomic E-state index is 0.545. The SMILES string of the molecule is N#CC(C#N)OOB(OC(F)(F)F)OP(c1ccccc1)(c1ccccc1)(c1ccccc1)c1ccccc1. The average Bonchev–Trinajstić information content (AvgIpc) is 2.97. The molecule has 0 saturated carbocycles. The van der Waals surface area contributed by atoms with Gasteiger partial charge in [-0.15, -0.1) is 0 Å². The van der Waals surface area contributed by atoms with Crippen LogP contribution in [0.5, 0.6) is 0 Å². The van der Waals surface area contributed by atoms with Gasteiger partial charge in [-0.3, -0.25) is 0 Å². The van der Waals surface area contributed by atoms with Crippen molar-refractivity contribution in [1.82, 2.24) is 0 Å². The summed E-state index contributed by atoms with van der Waals surface area (Å²) < 4.78 is 52.1. The molecule has 4 rings (SSSR count). The average molecular weight is 548 g/mol. The van der Waals surface area contributed by atoms with Crippen LogP contribution in [0.4, 0.5) is 13.2 Å². The van der Waals surface area contributed by atoms with Gasteiger partial charge in [0.25, 0.3) is 0 Å². The maximum atomic E-state index is 13.8. The summed E-state index contributed by atoms with van der Waals surface area (Å²) >= 11 is 0. The van der Waals surface area contributed by atoms with Crippen LogP contribution in [-0.4, -0.2) is 19.8 Å². The molecule has 4 aromatic rings. The third-order valence-electron chi connectivity index (χ3n) is 5.99. The van der Waals surface area contributed by atoms with Crippen LogP contribution < -0.4 is 21.2 Å². The number of alkyl halides is 3. The van der Waals surface area contributed by atoms with E-state index in [9.17, 15) is 13.2 Å². The monoisotopic (exact) mass is 548 g/mol. The van der Waals surface area contributed by atoms with Gasteiger partial charge in [0.05, 0.1) is 0 Å². The molecule has 0 heterocycles. The van der Waals surface area contributed by atoms with E-state index < -0.39 is 26.6 Å². The second-order valence-corrected chi connectivity index (χ2v) is 12.5. The molecule has 0 unspecified atom stereocenters. The van der Waals surface area contributed by atoms with Gasteiger partial charge in [0.2, 0.25) is 0 Å². The fraction of sp³-hybridized carbons (Fsp3) is 0.0714. The van der Waals surface area contributed by atoms with Crippen molar-refractivity contribution in [2.24, 2.45) is 0 Å². The number of rotatable bonds is 10. The molecule has 0 fully saturated rings. The number of nitriles is 2. The molecule has 0 amide bonds. The molecule has 0 atom stereocenters. The molecule has 0 saturated heterocycles. The number of benzene rings is 4. The van der Waals surface area contributed by atoms with E-state index in [-0.39, 0.29) is 0 Å². The van der Waals surface area contributed by atoms with E-state index in [0.717, 1.165) is 0 Å². The first-order chi connectivity index (χ1) is 18.8. The molecule has 0 aliphatic rings. The topological polar surface area (TPSA) is 84.5 Å². The van der Waals surface area contributed by atoms with E-state index in [1.54, 1.807) is 121 Å². The van der Waals surface area contributed by atoms with Crippen molar-refractivity contribution in [3.63, 3.8) is 0 Å². The minimum atomic E-state index is -5.23. The molecule has 0 N–H and O–H groups in total. The van der Waals surface area contributed by atoms with Crippen LogP contribution in [0.25, 0.3) is 0 Å². The van der Waals surface area contributed by atoms with E-state index in [0.29, 0.717) is 21.2 Å². The molecule has 4 aromatic carbocycles. The van der Waals surface area contributed by atoms with Crippen LogP contribution in [0.1, 0.15) is 0 Å². The summed E-state index contributed by atoms with van der Waals surface area (Å²) in [6.07, 6.45) is -7.07. The molecule has 6 nitrogen and oxygen atoms in total. The normalized spacial score (nSPS) is 12.6. The Morgan fingerprint density at radius 2 is 0.949 bits per heavy atom. The van der Waals surface area contributed by atoms with Crippen molar-refractivity contribution in [3.05, 3.63) is 121 Å². The molecule has 0 bridgehead atoms. The van der Waals surface area contributed by atoms with E-state index in [1.165, 1.54) is 12.1 Å². The van der Waals surface area contributed by atoms with E-state index >= 15 is 0 Å². The second-order valence-electron chi connectivity index (χ2n) is 8.17. The summed E-state index contributed by atoms with van der Waals surface area (Å²) in [5, 5.41) is 20.4. The first-order valence-electron chi connectivity index (χ1n) is 11.6. The summed E-state index contributed by atoms with van der Waals surface area (Å²) in [6.45, 7) is -4.64. The van der Waals surface area contributed by atoms with Crippen LogP contribution >= 0.6 is 6.83 Å².